The topological polar surface area (TPSA) is 36.3 Å². The van der Waals surface area contributed by atoms with Crippen LogP contribution >= 0.6 is 39.7 Å². The Balaban J connectivity index is 1.42. The maximum absolute atomic E-state index is 6.94. The SMILES string of the molecule is CC1CCN(c2ccc(N3C(=S)N[C@@H](c4ccccn4)[C@@H]3c3cccn3-c3cccc(Br)c3)cc2Cl)CC1. The number of anilines is 2. The second kappa shape index (κ2) is 10.7. The maximum Gasteiger partial charge on any atom is 0.174 e. The zero-order valence-corrected chi connectivity index (χ0v) is 24.3. The molecular formula is C30H29BrClN5S. The number of benzene rings is 2. The van der Waals surface area contributed by atoms with E-state index in [2.05, 4.69) is 103 Å². The number of thiocarbonyl (C=S) groups is 1. The van der Waals surface area contributed by atoms with Gasteiger partial charge in [-0.05, 0) is 91.6 Å². The van der Waals surface area contributed by atoms with Gasteiger partial charge in [-0.1, -0.05) is 46.6 Å². The average molecular weight is 607 g/mol. The molecule has 1 N–H and O–H groups in total. The summed E-state index contributed by atoms with van der Waals surface area (Å²) in [7, 11) is 0. The number of halogens is 2. The Bertz CT molecular complexity index is 1450. The van der Waals surface area contributed by atoms with Crippen LogP contribution in [0.25, 0.3) is 5.69 Å². The number of pyridine rings is 1. The van der Waals surface area contributed by atoms with E-state index in [0.717, 1.165) is 57.0 Å². The molecule has 0 radical (unpaired) electrons. The van der Waals surface area contributed by atoms with Gasteiger partial charge in [0.15, 0.2) is 5.11 Å². The minimum absolute atomic E-state index is 0.133. The number of piperidine rings is 1. The van der Waals surface area contributed by atoms with E-state index in [0.29, 0.717) is 5.11 Å². The van der Waals surface area contributed by atoms with E-state index in [1.807, 2.05) is 24.4 Å². The van der Waals surface area contributed by atoms with E-state index in [1.165, 1.54) is 12.8 Å². The lowest BCUT2D eigenvalue weighted by atomic mass is 9.98. The smallest absolute Gasteiger partial charge is 0.174 e. The Labute approximate surface area is 242 Å². The fraction of sp³-hybridized carbons (Fsp3) is 0.267. The van der Waals surface area contributed by atoms with Crippen LogP contribution in [-0.4, -0.2) is 27.8 Å². The Hall–Kier alpha value is -2.87. The highest BCUT2D eigenvalue weighted by Gasteiger charge is 2.42. The minimum atomic E-state index is -0.135. The molecule has 2 aromatic heterocycles. The second-order valence-electron chi connectivity index (χ2n) is 10.1. The van der Waals surface area contributed by atoms with E-state index < -0.39 is 0 Å². The molecule has 8 heteroatoms. The van der Waals surface area contributed by atoms with Gasteiger partial charge in [0.2, 0.25) is 0 Å². The van der Waals surface area contributed by atoms with Gasteiger partial charge in [0.1, 0.15) is 6.04 Å². The molecule has 2 aliphatic rings. The van der Waals surface area contributed by atoms with Crippen molar-refractivity contribution in [2.24, 2.45) is 5.92 Å². The fourth-order valence-corrected chi connectivity index (χ4v) is 6.61. The third kappa shape index (κ3) is 4.83. The summed E-state index contributed by atoms with van der Waals surface area (Å²) in [5, 5.41) is 4.98. The molecule has 2 saturated heterocycles. The molecule has 0 unspecified atom stereocenters. The quantitative estimate of drug-likeness (QED) is 0.236. The molecule has 0 aliphatic carbocycles. The maximum atomic E-state index is 6.94. The Morgan fingerprint density at radius 2 is 1.82 bits per heavy atom. The van der Waals surface area contributed by atoms with E-state index in [1.54, 1.807) is 0 Å². The third-order valence-corrected chi connectivity index (χ3v) is 8.71. The van der Waals surface area contributed by atoms with Gasteiger partial charge in [-0.25, -0.2) is 0 Å². The second-order valence-corrected chi connectivity index (χ2v) is 11.8. The third-order valence-electron chi connectivity index (χ3n) is 7.60. The zero-order valence-electron chi connectivity index (χ0n) is 21.1. The first-order valence-corrected chi connectivity index (χ1v) is 14.6. The van der Waals surface area contributed by atoms with Crippen LogP contribution in [0.15, 0.2) is 89.7 Å². The summed E-state index contributed by atoms with van der Waals surface area (Å²) < 4.78 is 3.25. The first-order chi connectivity index (χ1) is 18.5. The lowest BCUT2D eigenvalue weighted by molar-refractivity contribution is 0.438. The summed E-state index contributed by atoms with van der Waals surface area (Å²) in [5.41, 5.74) is 5.18. The Morgan fingerprint density at radius 3 is 2.55 bits per heavy atom. The fourth-order valence-electron chi connectivity index (χ4n) is 5.58. The summed E-state index contributed by atoms with van der Waals surface area (Å²) in [4.78, 5) is 9.29. The van der Waals surface area contributed by atoms with Crippen molar-refractivity contribution in [3.8, 4) is 5.69 Å². The van der Waals surface area contributed by atoms with Crippen molar-refractivity contribution in [2.75, 3.05) is 22.9 Å². The summed E-state index contributed by atoms with van der Waals surface area (Å²) in [6, 6.07) is 24.7. The van der Waals surface area contributed by atoms with E-state index >= 15 is 0 Å². The van der Waals surface area contributed by atoms with Crippen LogP contribution in [0.1, 0.15) is 43.2 Å². The number of nitrogens with one attached hydrogen (secondary N) is 1. The van der Waals surface area contributed by atoms with E-state index in [9.17, 15) is 0 Å². The Kier molecular flexibility index (Phi) is 7.16. The van der Waals surface area contributed by atoms with E-state index in [4.69, 9.17) is 28.8 Å². The summed E-state index contributed by atoms with van der Waals surface area (Å²) in [6.07, 6.45) is 6.31. The van der Waals surface area contributed by atoms with Crippen molar-refractivity contribution >= 4 is 56.2 Å². The van der Waals surface area contributed by atoms with Crippen LogP contribution in [0.3, 0.4) is 0 Å². The molecular weight excluding hydrogens is 578 g/mol. The zero-order chi connectivity index (χ0) is 26.2. The highest BCUT2D eigenvalue weighted by Crippen LogP contribution is 2.44. The average Bonchev–Trinajstić information content (AvgIpc) is 3.54. The van der Waals surface area contributed by atoms with Gasteiger partial charge in [0.25, 0.3) is 0 Å². The molecule has 2 aliphatic heterocycles. The van der Waals surface area contributed by atoms with Gasteiger partial charge in [0.05, 0.1) is 22.4 Å². The van der Waals surface area contributed by atoms with E-state index in [-0.39, 0.29) is 12.1 Å². The predicted octanol–water partition coefficient (Wildman–Crippen LogP) is 7.70. The first kappa shape index (κ1) is 25.4. The first-order valence-electron chi connectivity index (χ1n) is 13.0. The molecule has 2 aromatic carbocycles. The minimum Gasteiger partial charge on any atom is -0.370 e. The van der Waals surface area contributed by atoms with Crippen molar-refractivity contribution in [1.29, 1.82) is 0 Å². The molecule has 0 spiro atoms. The summed E-state index contributed by atoms with van der Waals surface area (Å²) in [5.74, 6) is 0.767. The lowest BCUT2D eigenvalue weighted by Gasteiger charge is -2.33. The molecule has 0 amide bonds. The normalized spacial score (nSPS) is 20.1. The summed E-state index contributed by atoms with van der Waals surface area (Å²) in [6.45, 7) is 4.40. The van der Waals surface area contributed by atoms with Gasteiger partial charge in [-0.2, -0.15) is 0 Å². The standard InChI is InChI=1S/C30H29BrClN5S/c1-20-12-16-35(17-13-20)26-11-10-23(19-24(26)32)37-29(28(34-30(37)38)25-8-2-3-14-33-25)27-9-5-15-36(27)22-7-4-6-21(31)18-22/h2-11,14-15,18-20,28-29H,12-13,16-17H2,1H3,(H,34,38)/t28-,29-/m0/s1. The molecule has 0 saturated carbocycles. The summed E-state index contributed by atoms with van der Waals surface area (Å²) >= 11 is 16.5. The molecule has 2 atom stereocenters. The molecule has 6 rings (SSSR count). The molecule has 2 fully saturated rings. The molecule has 4 aromatic rings. The molecule has 0 bridgehead atoms. The van der Waals surface area contributed by atoms with Crippen molar-refractivity contribution in [2.45, 2.75) is 31.8 Å². The number of hydrogen-bond acceptors (Lipinski definition) is 3. The highest BCUT2D eigenvalue weighted by atomic mass is 79.9. The lowest BCUT2D eigenvalue weighted by Crippen LogP contribution is -2.33. The number of aromatic nitrogens is 2. The molecule has 4 heterocycles. The van der Waals surface area contributed by atoms with Crippen LogP contribution in [-0.2, 0) is 0 Å². The predicted molar refractivity (Wildman–Crippen MR) is 163 cm³/mol. The highest BCUT2D eigenvalue weighted by molar-refractivity contribution is 9.10. The number of hydrogen-bond donors (Lipinski definition) is 1. The van der Waals surface area contributed by atoms with Crippen LogP contribution in [0.2, 0.25) is 5.02 Å². The number of nitrogens with zero attached hydrogens (tertiary/aromatic N) is 4. The Morgan fingerprint density at radius 1 is 0.974 bits per heavy atom. The number of rotatable bonds is 5. The van der Waals surface area contributed by atoms with Gasteiger partial charge in [-0.15, -0.1) is 0 Å². The van der Waals surface area contributed by atoms with Crippen LogP contribution in [0.5, 0.6) is 0 Å². The molecule has 38 heavy (non-hydrogen) atoms. The van der Waals surface area contributed by atoms with Crippen LogP contribution < -0.4 is 15.1 Å². The van der Waals surface area contributed by atoms with Crippen molar-refractivity contribution in [1.82, 2.24) is 14.9 Å². The largest absolute Gasteiger partial charge is 0.370 e. The van der Waals surface area contributed by atoms with Crippen molar-refractivity contribution < 1.29 is 0 Å². The van der Waals surface area contributed by atoms with Crippen LogP contribution in [0.4, 0.5) is 11.4 Å². The van der Waals surface area contributed by atoms with Crippen molar-refractivity contribution in [3.05, 3.63) is 106 Å². The van der Waals surface area contributed by atoms with Gasteiger partial charge in [-0.3, -0.25) is 4.98 Å². The van der Waals surface area contributed by atoms with Crippen molar-refractivity contribution in [3.63, 3.8) is 0 Å². The van der Waals surface area contributed by atoms with Crippen LogP contribution in [0, 0.1) is 5.92 Å². The molecule has 194 valence electrons. The monoisotopic (exact) mass is 605 g/mol. The van der Waals surface area contributed by atoms with Gasteiger partial charge < -0.3 is 19.7 Å². The van der Waals surface area contributed by atoms with Gasteiger partial charge in [0, 0.05) is 47.0 Å². The molecule has 5 nitrogen and oxygen atoms in total. The van der Waals surface area contributed by atoms with Gasteiger partial charge >= 0.3 is 0 Å².